The molecule has 0 aliphatic heterocycles. The van der Waals surface area contributed by atoms with Gasteiger partial charge in [-0.15, -0.1) is 11.3 Å². The molecule has 2 atom stereocenters. The molecule has 0 amide bonds. The van der Waals surface area contributed by atoms with Gasteiger partial charge in [0.05, 0.1) is 0 Å². The van der Waals surface area contributed by atoms with Gasteiger partial charge >= 0.3 is 0 Å². The van der Waals surface area contributed by atoms with Gasteiger partial charge in [0.15, 0.2) is 0 Å². The first-order valence-electron chi connectivity index (χ1n) is 5.84. The van der Waals surface area contributed by atoms with Crippen LogP contribution in [0.1, 0.15) is 36.6 Å². The summed E-state index contributed by atoms with van der Waals surface area (Å²) in [5.74, 6) is 1.52. The highest BCUT2D eigenvalue weighted by atomic mass is 32.2. The lowest BCUT2D eigenvalue weighted by molar-refractivity contribution is 0.605. The smallest absolute Gasteiger partial charge is 0.0386 e. The van der Waals surface area contributed by atoms with Crippen LogP contribution >= 0.6 is 11.3 Å². The Balaban J connectivity index is 2.34. The maximum Gasteiger partial charge on any atom is 0.0386 e. The molecule has 0 saturated heterocycles. The summed E-state index contributed by atoms with van der Waals surface area (Å²) in [4.78, 5) is 2.81. The van der Waals surface area contributed by atoms with Gasteiger partial charge in [0.1, 0.15) is 0 Å². The Morgan fingerprint density at radius 3 is 2.75 bits per heavy atom. The monoisotopic (exact) mass is 259 g/mol. The van der Waals surface area contributed by atoms with Crippen molar-refractivity contribution in [3.63, 3.8) is 0 Å². The highest BCUT2D eigenvalue weighted by molar-refractivity contribution is 7.84. The summed E-state index contributed by atoms with van der Waals surface area (Å²) < 4.78 is 11.3. The molecule has 0 saturated carbocycles. The van der Waals surface area contributed by atoms with E-state index < -0.39 is 10.8 Å². The molecule has 16 heavy (non-hydrogen) atoms. The molecule has 4 heteroatoms. The van der Waals surface area contributed by atoms with Gasteiger partial charge < -0.3 is 5.32 Å². The van der Waals surface area contributed by atoms with E-state index in [9.17, 15) is 4.21 Å². The first-order valence-corrected chi connectivity index (χ1v) is 8.14. The molecular weight excluding hydrogens is 238 g/mol. The van der Waals surface area contributed by atoms with E-state index in [-0.39, 0.29) is 0 Å². The van der Waals surface area contributed by atoms with Gasteiger partial charge in [0.25, 0.3) is 0 Å². The summed E-state index contributed by atoms with van der Waals surface area (Å²) in [7, 11) is -0.655. The number of hydrogen-bond donors (Lipinski definition) is 1. The lowest BCUT2D eigenvalue weighted by Gasteiger charge is -2.11. The third kappa shape index (κ3) is 4.36. The standard InChI is InChI=1S/C12H21NOS2/c1-4-11-6-7-12(15-11)10(3)13-8-9-16(14)5-2/h6-7,10,13H,4-5,8-9H2,1-3H3. The van der Waals surface area contributed by atoms with Crippen LogP contribution in [0.5, 0.6) is 0 Å². The molecular formula is C12H21NOS2. The fourth-order valence-corrected chi connectivity index (χ4v) is 3.06. The molecule has 1 rings (SSSR count). The van der Waals surface area contributed by atoms with Crippen molar-refractivity contribution in [1.82, 2.24) is 5.32 Å². The SMILES string of the molecule is CCc1ccc(C(C)NCCS(=O)CC)s1. The third-order valence-electron chi connectivity index (χ3n) is 2.56. The molecule has 2 nitrogen and oxygen atoms in total. The van der Waals surface area contributed by atoms with Crippen LogP contribution in [0, 0.1) is 0 Å². The molecule has 1 aromatic heterocycles. The Morgan fingerprint density at radius 2 is 2.19 bits per heavy atom. The van der Waals surface area contributed by atoms with Gasteiger partial charge in [0.2, 0.25) is 0 Å². The molecule has 0 bridgehead atoms. The molecule has 0 spiro atoms. The second kappa shape index (κ2) is 7.20. The molecule has 2 unspecified atom stereocenters. The van der Waals surface area contributed by atoms with Gasteiger partial charge in [-0.2, -0.15) is 0 Å². The van der Waals surface area contributed by atoms with Crippen molar-refractivity contribution in [2.45, 2.75) is 33.2 Å². The molecule has 0 aliphatic rings. The third-order valence-corrected chi connectivity index (χ3v) is 5.28. The van der Waals surface area contributed by atoms with Crippen LogP contribution in [0.15, 0.2) is 12.1 Å². The molecule has 0 aromatic carbocycles. The highest BCUT2D eigenvalue weighted by Crippen LogP contribution is 2.23. The van der Waals surface area contributed by atoms with E-state index in [2.05, 4.69) is 31.3 Å². The van der Waals surface area contributed by atoms with E-state index in [1.807, 2.05) is 18.3 Å². The number of rotatable bonds is 7. The van der Waals surface area contributed by atoms with Crippen molar-refractivity contribution in [3.8, 4) is 0 Å². The first kappa shape index (κ1) is 13.9. The summed E-state index contributed by atoms with van der Waals surface area (Å²) in [5, 5.41) is 3.42. The van der Waals surface area contributed by atoms with Gasteiger partial charge in [-0.3, -0.25) is 4.21 Å². The predicted octanol–water partition coefficient (Wildman–Crippen LogP) is 2.73. The van der Waals surface area contributed by atoms with Crippen LogP contribution in [0.2, 0.25) is 0 Å². The van der Waals surface area contributed by atoms with E-state index in [1.54, 1.807) is 0 Å². The zero-order valence-corrected chi connectivity index (χ0v) is 11.9. The van der Waals surface area contributed by atoms with Crippen molar-refractivity contribution in [2.75, 3.05) is 18.1 Å². The Bertz CT molecular complexity index is 336. The fourth-order valence-electron chi connectivity index (χ4n) is 1.45. The number of thiophene rings is 1. The molecule has 1 N–H and O–H groups in total. The number of hydrogen-bond acceptors (Lipinski definition) is 3. The first-order chi connectivity index (χ1) is 7.67. The number of nitrogens with one attached hydrogen (secondary N) is 1. The van der Waals surface area contributed by atoms with Crippen LogP contribution in [0.4, 0.5) is 0 Å². The second-order valence-corrected chi connectivity index (χ2v) is 6.83. The normalized spacial score (nSPS) is 14.9. The second-order valence-electron chi connectivity index (χ2n) is 3.77. The summed E-state index contributed by atoms with van der Waals surface area (Å²) in [5.41, 5.74) is 0. The Morgan fingerprint density at radius 1 is 1.44 bits per heavy atom. The van der Waals surface area contributed by atoms with E-state index in [4.69, 9.17) is 0 Å². The molecule has 1 heterocycles. The lowest BCUT2D eigenvalue weighted by Crippen LogP contribution is -2.23. The minimum atomic E-state index is -0.655. The Hall–Kier alpha value is -0.190. The van der Waals surface area contributed by atoms with Crippen molar-refractivity contribution >= 4 is 22.1 Å². The molecule has 92 valence electrons. The van der Waals surface area contributed by atoms with Crippen molar-refractivity contribution in [1.29, 1.82) is 0 Å². The van der Waals surface area contributed by atoms with E-state index in [0.29, 0.717) is 6.04 Å². The van der Waals surface area contributed by atoms with Crippen LogP contribution in [0.25, 0.3) is 0 Å². The van der Waals surface area contributed by atoms with Gasteiger partial charge in [0, 0.05) is 44.6 Å². The van der Waals surface area contributed by atoms with Crippen molar-refractivity contribution in [2.24, 2.45) is 0 Å². The zero-order valence-electron chi connectivity index (χ0n) is 10.3. The summed E-state index contributed by atoms with van der Waals surface area (Å²) in [6.07, 6.45) is 1.11. The Kier molecular flexibility index (Phi) is 6.24. The average Bonchev–Trinajstić information content (AvgIpc) is 2.77. The highest BCUT2D eigenvalue weighted by Gasteiger charge is 2.07. The quantitative estimate of drug-likeness (QED) is 0.816. The van der Waals surface area contributed by atoms with Crippen LogP contribution < -0.4 is 5.32 Å². The molecule has 0 aliphatic carbocycles. The van der Waals surface area contributed by atoms with Crippen LogP contribution in [-0.4, -0.2) is 22.3 Å². The molecule has 0 radical (unpaired) electrons. The van der Waals surface area contributed by atoms with Crippen molar-refractivity contribution in [3.05, 3.63) is 21.9 Å². The van der Waals surface area contributed by atoms with E-state index in [1.165, 1.54) is 9.75 Å². The van der Waals surface area contributed by atoms with Crippen LogP contribution in [0.3, 0.4) is 0 Å². The topological polar surface area (TPSA) is 29.1 Å². The maximum atomic E-state index is 11.3. The average molecular weight is 259 g/mol. The minimum Gasteiger partial charge on any atom is -0.309 e. The van der Waals surface area contributed by atoms with Crippen LogP contribution in [-0.2, 0) is 17.2 Å². The van der Waals surface area contributed by atoms with Gasteiger partial charge in [-0.05, 0) is 25.5 Å². The largest absolute Gasteiger partial charge is 0.309 e. The van der Waals surface area contributed by atoms with E-state index >= 15 is 0 Å². The summed E-state index contributed by atoms with van der Waals surface area (Å²) in [6.45, 7) is 7.14. The molecule has 1 aromatic rings. The van der Waals surface area contributed by atoms with Crippen molar-refractivity contribution < 1.29 is 4.21 Å². The minimum absolute atomic E-state index is 0.374. The fraction of sp³-hybridized carbons (Fsp3) is 0.667. The zero-order chi connectivity index (χ0) is 12.0. The summed E-state index contributed by atoms with van der Waals surface area (Å²) >= 11 is 1.87. The Labute approximate surface area is 105 Å². The lowest BCUT2D eigenvalue weighted by atomic mass is 10.2. The van der Waals surface area contributed by atoms with Gasteiger partial charge in [-0.25, -0.2) is 0 Å². The van der Waals surface area contributed by atoms with Gasteiger partial charge in [-0.1, -0.05) is 13.8 Å². The summed E-state index contributed by atoms with van der Waals surface area (Å²) in [6, 6.07) is 4.76. The number of aryl methyl sites for hydroxylation is 1. The van der Waals surface area contributed by atoms with E-state index in [0.717, 1.165) is 24.5 Å². The predicted molar refractivity (Wildman–Crippen MR) is 73.7 cm³/mol. The maximum absolute atomic E-state index is 11.3. The molecule has 0 fully saturated rings.